The van der Waals surface area contributed by atoms with Gasteiger partial charge in [0.1, 0.15) is 5.54 Å². The molecule has 2 aromatic rings. The summed E-state index contributed by atoms with van der Waals surface area (Å²) in [6, 6.07) is 13.4. The van der Waals surface area contributed by atoms with Gasteiger partial charge in [0, 0.05) is 42.5 Å². The highest BCUT2D eigenvalue weighted by Gasteiger charge is 2.49. The Morgan fingerprint density at radius 1 is 1.12 bits per heavy atom. The second kappa shape index (κ2) is 11.1. The lowest BCUT2D eigenvalue weighted by Crippen LogP contribution is -2.62. The van der Waals surface area contributed by atoms with Gasteiger partial charge in [-0.05, 0) is 80.5 Å². The Balaban J connectivity index is 1.96. The molecule has 0 heterocycles. The predicted octanol–water partition coefficient (Wildman–Crippen LogP) is 6.08. The number of rotatable bonds is 9. The van der Waals surface area contributed by atoms with Crippen LogP contribution in [-0.4, -0.2) is 47.2 Å². The van der Waals surface area contributed by atoms with Gasteiger partial charge in [0.2, 0.25) is 0 Å². The number of hydrogen-bond donors (Lipinski definition) is 2. The standard InChI is InChI=1S/C27H36ClN3O3/c1-5-30(6-2)22-12-10-21(11-13-22)29-25(32)27(31(26(33)34)17-15-19(3)4)16-14-20-8-7-9-24(28)23(20)18-27/h7-13,19H,5-6,14-18H2,1-4H3,(H,29,32)(H,33,34)/t27-/m1/s1. The zero-order valence-electron chi connectivity index (χ0n) is 20.6. The molecule has 0 saturated heterocycles. The van der Waals surface area contributed by atoms with E-state index in [1.54, 1.807) is 6.07 Å². The maximum absolute atomic E-state index is 13.9. The van der Waals surface area contributed by atoms with Crippen LogP contribution in [-0.2, 0) is 17.6 Å². The monoisotopic (exact) mass is 485 g/mol. The molecule has 0 fully saturated rings. The number of carbonyl (C=O) groups excluding carboxylic acids is 1. The minimum Gasteiger partial charge on any atom is -0.465 e. The van der Waals surface area contributed by atoms with Crippen LogP contribution in [0.2, 0.25) is 5.02 Å². The molecule has 3 rings (SSSR count). The fourth-order valence-electron chi connectivity index (χ4n) is 4.78. The number of fused-ring (bicyclic) bond motifs is 1. The number of hydrogen-bond acceptors (Lipinski definition) is 3. The molecule has 0 bridgehead atoms. The van der Waals surface area contributed by atoms with Gasteiger partial charge in [-0.15, -0.1) is 0 Å². The summed E-state index contributed by atoms with van der Waals surface area (Å²) in [5.74, 6) is 0.00821. The molecule has 0 aliphatic heterocycles. The molecule has 1 aliphatic carbocycles. The molecule has 0 saturated carbocycles. The zero-order chi connectivity index (χ0) is 24.9. The van der Waals surface area contributed by atoms with E-state index in [4.69, 9.17) is 11.6 Å². The van der Waals surface area contributed by atoms with E-state index in [1.165, 1.54) is 4.90 Å². The van der Waals surface area contributed by atoms with Crippen LogP contribution in [0.25, 0.3) is 0 Å². The number of nitrogens with one attached hydrogen (secondary N) is 1. The Morgan fingerprint density at radius 2 is 1.79 bits per heavy atom. The second-order valence-corrected chi connectivity index (χ2v) is 9.78. The quantitative estimate of drug-likeness (QED) is 0.451. The van der Waals surface area contributed by atoms with Crippen LogP contribution in [0.15, 0.2) is 42.5 Å². The maximum atomic E-state index is 13.9. The molecular formula is C27H36ClN3O3. The molecule has 34 heavy (non-hydrogen) atoms. The van der Waals surface area contributed by atoms with E-state index in [2.05, 4.69) is 37.9 Å². The first kappa shape index (κ1) is 25.9. The number of amides is 2. The van der Waals surface area contributed by atoms with Crippen molar-refractivity contribution in [2.24, 2.45) is 5.92 Å². The minimum atomic E-state index is -1.23. The molecule has 7 heteroatoms. The number of nitrogens with zero attached hydrogens (tertiary/aromatic N) is 2. The summed E-state index contributed by atoms with van der Waals surface area (Å²) in [7, 11) is 0. The molecule has 2 N–H and O–H groups in total. The summed E-state index contributed by atoms with van der Waals surface area (Å²) in [4.78, 5) is 29.9. The fraction of sp³-hybridized carbons (Fsp3) is 0.481. The molecule has 6 nitrogen and oxygen atoms in total. The first-order valence-electron chi connectivity index (χ1n) is 12.1. The Hall–Kier alpha value is -2.73. The molecule has 0 aromatic heterocycles. The van der Waals surface area contributed by atoms with Gasteiger partial charge in [0.15, 0.2) is 0 Å². The van der Waals surface area contributed by atoms with Gasteiger partial charge in [-0.2, -0.15) is 0 Å². The molecule has 0 spiro atoms. The number of aryl methyl sites for hydroxylation is 1. The maximum Gasteiger partial charge on any atom is 0.408 e. The average molecular weight is 486 g/mol. The van der Waals surface area contributed by atoms with Gasteiger partial charge in [-0.3, -0.25) is 9.69 Å². The van der Waals surface area contributed by atoms with Crippen molar-refractivity contribution in [2.75, 3.05) is 29.9 Å². The molecule has 1 aliphatic rings. The predicted molar refractivity (Wildman–Crippen MR) is 139 cm³/mol. The summed E-state index contributed by atoms with van der Waals surface area (Å²) in [6.45, 7) is 10.4. The van der Waals surface area contributed by atoms with E-state index in [0.717, 1.165) is 29.9 Å². The van der Waals surface area contributed by atoms with Crippen molar-refractivity contribution in [2.45, 2.75) is 58.9 Å². The third-order valence-electron chi connectivity index (χ3n) is 6.85. The highest BCUT2D eigenvalue weighted by molar-refractivity contribution is 6.31. The average Bonchev–Trinajstić information content (AvgIpc) is 2.81. The summed E-state index contributed by atoms with van der Waals surface area (Å²) in [5, 5.41) is 13.8. The smallest absolute Gasteiger partial charge is 0.408 e. The van der Waals surface area contributed by atoms with Crippen LogP contribution >= 0.6 is 11.6 Å². The summed E-state index contributed by atoms with van der Waals surface area (Å²) in [5.41, 5.74) is 2.45. The Labute approximate surface area is 207 Å². The number of halogens is 1. The van der Waals surface area contributed by atoms with Crippen LogP contribution in [0.3, 0.4) is 0 Å². The van der Waals surface area contributed by atoms with E-state index >= 15 is 0 Å². The number of carboxylic acid groups (broad SMARTS) is 1. The molecule has 2 amide bonds. The van der Waals surface area contributed by atoms with Crippen molar-refractivity contribution < 1.29 is 14.7 Å². The topological polar surface area (TPSA) is 72.9 Å². The summed E-state index contributed by atoms with van der Waals surface area (Å²) < 4.78 is 0. The Kier molecular flexibility index (Phi) is 8.47. The van der Waals surface area contributed by atoms with E-state index in [0.29, 0.717) is 42.4 Å². The minimum absolute atomic E-state index is 0.260. The number of carbonyl (C=O) groups is 2. The van der Waals surface area contributed by atoms with E-state index in [9.17, 15) is 14.7 Å². The van der Waals surface area contributed by atoms with Gasteiger partial charge in [0.25, 0.3) is 5.91 Å². The van der Waals surface area contributed by atoms with Crippen LogP contribution in [0, 0.1) is 5.92 Å². The SMILES string of the molecule is CCN(CC)c1ccc(NC(=O)[C@@]2(N(CCC(C)C)C(=O)O)CCc3cccc(Cl)c3C2)cc1. The van der Waals surface area contributed by atoms with Crippen LogP contribution in [0.1, 0.15) is 51.7 Å². The fourth-order valence-corrected chi connectivity index (χ4v) is 5.04. The van der Waals surface area contributed by atoms with E-state index < -0.39 is 11.6 Å². The lowest BCUT2D eigenvalue weighted by atomic mass is 9.75. The van der Waals surface area contributed by atoms with Crippen molar-refractivity contribution in [3.8, 4) is 0 Å². The first-order chi connectivity index (χ1) is 16.2. The van der Waals surface area contributed by atoms with Crippen LogP contribution in [0.5, 0.6) is 0 Å². The molecule has 2 aromatic carbocycles. The van der Waals surface area contributed by atoms with Crippen molar-refractivity contribution >= 4 is 35.0 Å². The van der Waals surface area contributed by atoms with Gasteiger partial charge < -0.3 is 15.3 Å². The number of benzene rings is 2. The van der Waals surface area contributed by atoms with Gasteiger partial charge in [-0.25, -0.2) is 4.79 Å². The molecule has 1 atom stereocenters. The van der Waals surface area contributed by atoms with E-state index in [-0.39, 0.29) is 12.3 Å². The highest BCUT2D eigenvalue weighted by Crippen LogP contribution is 2.38. The third kappa shape index (κ3) is 5.49. The molecule has 0 unspecified atom stereocenters. The lowest BCUT2D eigenvalue weighted by molar-refractivity contribution is -0.128. The van der Waals surface area contributed by atoms with Crippen LogP contribution < -0.4 is 10.2 Å². The Morgan fingerprint density at radius 3 is 2.38 bits per heavy atom. The van der Waals surface area contributed by atoms with Crippen molar-refractivity contribution in [3.63, 3.8) is 0 Å². The first-order valence-corrected chi connectivity index (χ1v) is 12.5. The van der Waals surface area contributed by atoms with Gasteiger partial charge >= 0.3 is 6.09 Å². The van der Waals surface area contributed by atoms with Crippen molar-refractivity contribution in [1.82, 2.24) is 4.90 Å². The zero-order valence-corrected chi connectivity index (χ0v) is 21.4. The summed E-state index contributed by atoms with van der Waals surface area (Å²) >= 11 is 6.52. The molecular weight excluding hydrogens is 450 g/mol. The lowest BCUT2D eigenvalue weighted by Gasteiger charge is -2.44. The van der Waals surface area contributed by atoms with Gasteiger partial charge in [-0.1, -0.05) is 37.6 Å². The Bertz CT molecular complexity index is 1000. The highest BCUT2D eigenvalue weighted by atomic mass is 35.5. The molecule has 0 radical (unpaired) electrons. The normalized spacial score (nSPS) is 17.2. The summed E-state index contributed by atoms with van der Waals surface area (Å²) in [6.07, 6.45) is 0.859. The largest absolute Gasteiger partial charge is 0.465 e. The molecule has 184 valence electrons. The number of anilines is 2. The second-order valence-electron chi connectivity index (χ2n) is 9.38. The van der Waals surface area contributed by atoms with Crippen molar-refractivity contribution in [3.05, 3.63) is 58.6 Å². The third-order valence-corrected chi connectivity index (χ3v) is 7.20. The van der Waals surface area contributed by atoms with Crippen LogP contribution in [0.4, 0.5) is 16.2 Å². The van der Waals surface area contributed by atoms with Gasteiger partial charge in [0.05, 0.1) is 0 Å². The van der Waals surface area contributed by atoms with Crippen molar-refractivity contribution in [1.29, 1.82) is 0 Å². The van der Waals surface area contributed by atoms with E-state index in [1.807, 2.05) is 36.4 Å².